The highest BCUT2D eigenvalue weighted by molar-refractivity contribution is 9.10. The van der Waals surface area contributed by atoms with Crippen molar-refractivity contribution < 1.29 is 4.74 Å². The average Bonchev–Trinajstić information content (AvgIpc) is 2.38. The molecule has 0 aromatic carbocycles. The van der Waals surface area contributed by atoms with Crippen LogP contribution in [0, 0.1) is 0 Å². The highest BCUT2D eigenvalue weighted by Gasteiger charge is 2.21. The van der Waals surface area contributed by atoms with Gasteiger partial charge in [-0.25, -0.2) is 4.98 Å². The number of nitrogens with two attached hydrogens (primary N) is 1. The van der Waals surface area contributed by atoms with Crippen LogP contribution in [-0.2, 0) is 4.74 Å². The lowest BCUT2D eigenvalue weighted by Crippen LogP contribution is -2.38. The third kappa shape index (κ3) is 3.40. The van der Waals surface area contributed by atoms with Gasteiger partial charge in [-0.2, -0.15) is 0 Å². The molecule has 1 fully saturated rings. The van der Waals surface area contributed by atoms with E-state index in [1.54, 1.807) is 0 Å². The van der Waals surface area contributed by atoms with Crippen LogP contribution in [0.5, 0.6) is 0 Å². The third-order valence-electron chi connectivity index (χ3n) is 2.95. The molecule has 0 unspecified atom stereocenters. The summed E-state index contributed by atoms with van der Waals surface area (Å²) in [5, 5.41) is 0. The second-order valence-electron chi connectivity index (χ2n) is 4.15. The number of hydrogen-bond donors (Lipinski definition) is 1. The molecular weight excluding hydrogens is 282 g/mol. The van der Waals surface area contributed by atoms with Crippen molar-refractivity contribution in [2.45, 2.75) is 18.9 Å². The summed E-state index contributed by atoms with van der Waals surface area (Å²) in [6, 6.07) is 3.96. The summed E-state index contributed by atoms with van der Waals surface area (Å²) >= 11 is 3.54. The van der Waals surface area contributed by atoms with E-state index in [1.165, 1.54) is 0 Å². The van der Waals surface area contributed by atoms with E-state index in [-0.39, 0.29) is 0 Å². The maximum atomic E-state index is 5.66. The zero-order valence-corrected chi connectivity index (χ0v) is 11.4. The first-order chi connectivity index (χ1) is 8.31. The number of halogens is 1. The molecule has 1 aliphatic rings. The standard InChI is InChI=1S/C12H18BrN3O/c13-11-2-1-6-15-12(11)16-7-3-10(4-8-16)17-9-5-14/h1-2,6,10H,3-5,7-9,14H2. The fourth-order valence-corrected chi connectivity index (χ4v) is 2.58. The molecule has 2 N–H and O–H groups in total. The molecule has 1 aromatic rings. The Bertz CT molecular complexity index is 353. The smallest absolute Gasteiger partial charge is 0.142 e. The zero-order chi connectivity index (χ0) is 12.1. The Hall–Kier alpha value is -0.650. The van der Waals surface area contributed by atoms with Gasteiger partial charge in [0.05, 0.1) is 17.2 Å². The van der Waals surface area contributed by atoms with E-state index in [0.29, 0.717) is 19.3 Å². The van der Waals surface area contributed by atoms with Crippen molar-refractivity contribution in [2.75, 3.05) is 31.1 Å². The van der Waals surface area contributed by atoms with E-state index in [1.807, 2.05) is 18.3 Å². The quantitative estimate of drug-likeness (QED) is 0.921. The van der Waals surface area contributed by atoms with Crippen molar-refractivity contribution in [1.82, 2.24) is 4.98 Å². The normalized spacial score (nSPS) is 17.4. The number of piperidine rings is 1. The minimum Gasteiger partial charge on any atom is -0.377 e. The van der Waals surface area contributed by atoms with Crippen LogP contribution < -0.4 is 10.6 Å². The molecule has 17 heavy (non-hydrogen) atoms. The fourth-order valence-electron chi connectivity index (χ4n) is 2.08. The number of pyridine rings is 1. The van der Waals surface area contributed by atoms with Crippen LogP contribution in [0.3, 0.4) is 0 Å². The molecule has 0 spiro atoms. The summed E-state index contributed by atoms with van der Waals surface area (Å²) in [7, 11) is 0. The summed E-state index contributed by atoms with van der Waals surface area (Å²) in [5.41, 5.74) is 5.43. The van der Waals surface area contributed by atoms with Gasteiger partial charge in [0.15, 0.2) is 0 Å². The minimum absolute atomic E-state index is 0.359. The summed E-state index contributed by atoms with van der Waals surface area (Å²) in [4.78, 5) is 6.71. The van der Waals surface area contributed by atoms with Gasteiger partial charge < -0.3 is 15.4 Å². The lowest BCUT2D eigenvalue weighted by atomic mass is 10.1. The molecule has 1 saturated heterocycles. The molecule has 0 saturated carbocycles. The van der Waals surface area contributed by atoms with Crippen molar-refractivity contribution in [2.24, 2.45) is 5.73 Å². The maximum Gasteiger partial charge on any atom is 0.142 e. The summed E-state index contributed by atoms with van der Waals surface area (Å²) in [6.07, 6.45) is 4.28. The fraction of sp³-hybridized carbons (Fsp3) is 0.583. The Morgan fingerprint density at radius 1 is 1.47 bits per heavy atom. The first-order valence-corrected chi connectivity index (χ1v) is 6.77. The predicted octanol–water partition coefficient (Wildman–Crippen LogP) is 1.79. The molecule has 5 heteroatoms. The molecule has 94 valence electrons. The second-order valence-corrected chi connectivity index (χ2v) is 5.01. The molecule has 0 bridgehead atoms. The summed E-state index contributed by atoms with van der Waals surface area (Å²) in [5.74, 6) is 1.03. The zero-order valence-electron chi connectivity index (χ0n) is 9.81. The number of aromatic nitrogens is 1. The largest absolute Gasteiger partial charge is 0.377 e. The number of rotatable bonds is 4. The molecule has 4 nitrogen and oxygen atoms in total. The molecular formula is C12H18BrN3O. The van der Waals surface area contributed by atoms with E-state index in [4.69, 9.17) is 10.5 Å². The molecule has 1 aliphatic heterocycles. The molecule has 0 amide bonds. The maximum absolute atomic E-state index is 5.66. The first kappa shape index (κ1) is 12.8. The first-order valence-electron chi connectivity index (χ1n) is 5.98. The van der Waals surface area contributed by atoms with Gasteiger partial charge in [0.2, 0.25) is 0 Å². The number of hydrogen-bond acceptors (Lipinski definition) is 4. The van der Waals surface area contributed by atoms with Gasteiger partial charge in [-0.3, -0.25) is 0 Å². The lowest BCUT2D eigenvalue weighted by molar-refractivity contribution is 0.0421. The Balaban J connectivity index is 1.89. The van der Waals surface area contributed by atoms with Crippen molar-refractivity contribution >= 4 is 21.7 Å². The molecule has 0 atom stereocenters. The highest BCUT2D eigenvalue weighted by Crippen LogP contribution is 2.26. The average molecular weight is 300 g/mol. The van der Waals surface area contributed by atoms with Crippen molar-refractivity contribution in [3.05, 3.63) is 22.8 Å². The number of nitrogens with zero attached hydrogens (tertiary/aromatic N) is 2. The van der Waals surface area contributed by atoms with Crippen LogP contribution in [0.2, 0.25) is 0 Å². The van der Waals surface area contributed by atoms with Gasteiger partial charge >= 0.3 is 0 Å². The Morgan fingerprint density at radius 3 is 2.88 bits per heavy atom. The molecule has 0 radical (unpaired) electrons. The Morgan fingerprint density at radius 2 is 2.24 bits per heavy atom. The van der Waals surface area contributed by atoms with E-state index in [9.17, 15) is 0 Å². The minimum atomic E-state index is 0.359. The molecule has 2 heterocycles. The third-order valence-corrected chi connectivity index (χ3v) is 3.57. The van der Waals surface area contributed by atoms with Gasteiger partial charge in [-0.05, 0) is 40.9 Å². The Labute approximate surface area is 110 Å². The number of ether oxygens (including phenoxy) is 1. The van der Waals surface area contributed by atoms with Gasteiger partial charge in [-0.15, -0.1) is 0 Å². The predicted molar refractivity (Wildman–Crippen MR) is 72.2 cm³/mol. The Kier molecular flexibility index (Phi) is 4.76. The van der Waals surface area contributed by atoms with Crippen LogP contribution in [0.25, 0.3) is 0 Å². The van der Waals surface area contributed by atoms with Crippen LogP contribution in [0.4, 0.5) is 5.82 Å². The highest BCUT2D eigenvalue weighted by atomic mass is 79.9. The van der Waals surface area contributed by atoms with Crippen LogP contribution >= 0.6 is 15.9 Å². The second kappa shape index (κ2) is 6.33. The summed E-state index contributed by atoms with van der Waals surface area (Å²) in [6.45, 7) is 3.25. The lowest BCUT2D eigenvalue weighted by Gasteiger charge is -2.33. The van der Waals surface area contributed by atoms with E-state index >= 15 is 0 Å². The molecule has 0 aliphatic carbocycles. The van der Waals surface area contributed by atoms with Crippen LogP contribution in [0.1, 0.15) is 12.8 Å². The SMILES string of the molecule is NCCOC1CCN(c2ncccc2Br)CC1. The van der Waals surface area contributed by atoms with E-state index in [0.717, 1.165) is 36.2 Å². The monoisotopic (exact) mass is 299 g/mol. The van der Waals surface area contributed by atoms with Gasteiger partial charge in [0.1, 0.15) is 5.82 Å². The van der Waals surface area contributed by atoms with E-state index < -0.39 is 0 Å². The van der Waals surface area contributed by atoms with Gasteiger partial charge in [0.25, 0.3) is 0 Å². The topological polar surface area (TPSA) is 51.4 Å². The van der Waals surface area contributed by atoms with Crippen molar-refractivity contribution in [3.8, 4) is 0 Å². The van der Waals surface area contributed by atoms with Crippen molar-refractivity contribution in [3.63, 3.8) is 0 Å². The molecule has 2 rings (SSSR count). The van der Waals surface area contributed by atoms with E-state index in [2.05, 4.69) is 25.8 Å². The number of anilines is 1. The van der Waals surface area contributed by atoms with Gasteiger partial charge in [0, 0.05) is 25.8 Å². The van der Waals surface area contributed by atoms with Crippen LogP contribution in [-0.4, -0.2) is 37.3 Å². The van der Waals surface area contributed by atoms with Crippen molar-refractivity contribution in [1.29, 1.82) is 0 Å². The van der Waals surface area contributed by atoms with Gasteiger partial charge in [-0.1, -0.05) is 0 Å². The summed E-state index contributed by atoms with van der Waals surface area (Å²) < 4.78 is 6.72. The molecule has 1 aromatic heterocycles. The van der Waals surface area contributed by atoms with Crippen LogP contribution in [0.15, 0.2) is 22.8 Å².